The molecule has 0 spiro atoms. The lowest BCUT2D eigenvalue weighted by molar-refractivity contribution is 0.316. The van der Waals surface area contributed by atoms with E-state index in [9.17, 15) is 0 Å². The van der Waals surface area contributed by atoms with Gasteiger partial charge in [0.25, 0.3) is 0 Å². The molecule has 19 heavy (non-hydrogen) atoms. The Bertz CT molecular complexity index is 407. The summed E-state index contributed by atoms with van der Waals surface area (Å²) in [5.41, 5.74) is 7.30. The molecule has 0 amide bonds. The standard InChI is InChI=1S/C15H25NO3/c1-6-7-10(2)13(16)11-8-9-12(17-3)15(19-5)14(11)18-4/h8-10,13H,6-7,16H2,1-5H3. The van der Waals surface area contributed by atoms with Gasteiger partial charge in [0.1, 0.15) is 0 Å². The lowest BCUT2D eigenvalue weighted by Crippen LogP contribution is -2.20. The van der Waals surface area contributed by atoms with Crippen LogP contribution < -0.4 is 19.9 Å². The quantitative estimate of drug-likeness (QED) is 0.824. The molecule has 0 aromatic heterocycles. The molecule has 0 bridgehead atoms. The second-order valence-corrected chi connectivity index (χ2v) is 4.72. The molecule has 0 radical (unpaired) electrons. The van der Waals surface area contributed by atoms with Crippen molar-refractivity contribution in [1.82, 2.24) is 0 Å². The lowest BCUT2D eigenvalue weighted by atomic mass is 9.91. The van der Waals surface area contributed by atoms with Crippen LogP contribution in [0, 0.1) is 5.92 Å². The van der Waals surface area contributed by atoms with Crippen LogP contribution in [0.1, 0.15) is 38.3 Å². The van der Waals surface area contributed by atoms with Crippen molar-refractivity contribution in [3.8, 4) is 17.2 Å². The summed E-state index contributed by atoms with van der Waals surface area (Å²) in [6.07, 6.45) is 2.20. The van der Waals surface area contributed by atoms with Gasteiger partial charge in [-0.25, -0.2) is 0 Å². The first-order valence-corrected chi connectivity index (χ1v) is 6.65. The molecule has 0 heterocycles. The zero-order valence-electron chi connectivity index (χ0n) is 12.5. The first-order valence-electron chi connectivity index (χ1n) is 6.65. The SMILES string of the molecule is CCCC(C)C(N)c1ccc(OC)c(OC)c1OC. The Morgan fingerprint density at radius 1 is 1.05 bits per heavy atom. The predicted molar refractivity (Wildman–Crippen MR) is 77.1 cm³/mol. The molecule has 4 heteroatoms. The molecule has 0 aliphatic rings. The molecular weight excluding hydrogens is 242 g/mol. The van der Waals surface area contributed by atoms with Crippen LogP contribution in [0.4, 0.5) is 0 Å². The van der Waals surface area contributed by atoms with Gasteiger partial charge in [-0.3, -0.25) is 0 Å². The largest absolute Gasteiger partial charge is 0.493 e. The number of hydrogen-bond donors (Lipinski definition) is 1. The van der Waals surface area contributed by atoms with Crippen molar-refractivity contribution in [3.63, 3.8) is 0 Å². The maximum atomic E-state index is 6.34. The molecule has 0 saturated carbocycles. The Kier molecular flexibility index (Phi) is 5.96. The minimum absolute atomic E-state index is 0.0743. The van der Waals surface area contributed by atoms with Crippen LogP contribution in [0.2, 0.25) is 0 Å². The summed E-state index contributed by atoms with van der Waals surface area (Å²) in [6.45, 7) is 4.32. The van der Waals surface area contributed by atoms with Crippen LogP contribution in [0.25, 0.3) is 0 Å². The molecule has 2 atom stereocenters. The topological polar surface area (TPSA) is 53.7 Å². The molecule has 1 aromatic rings. The summed E-state index contributed by atoms with van der Waals surface area (Å²) in [6, 6.07) is 3.75. The fourth-order valence-electron chi connectivity index (χ4n) is 2.33. The summed E-state index contributed by atoms with van der Waals surface area (Å²) in [5, 5.41) is 0. The fourth-order valence-corrected chi connectivity index (χ4v) is 2.33. The van der Waals surface area contributed by atoms with Gasteiger partial charge >= 0.3 is 0 Å². The average Bonchev–Trinajstić information content (AvgIpc) is 2.44. The summed E-state index contributed by atoms with van der Waals surface area (Å²) in [5.74, 6) is 2.30. The zero-order valence-corrected chi connectivity index (χ0v) is 12.5. The van der Waals surface area contributed by atoms with Gasteiger partial charge < -0.3 is 19.9 Å². The highest BCUT2D eigenvalue weighted by atomic mass is 16.5. The molecule has 108 valence electrons. The van der Waals surface area contributed by atoms with Crippen molar-refractivity contribution < 1.29 is 14.2 Å². The fraction of sp³-hybridized carbons (Fsp3) is 0.600. The molecule has 1 aromatic carbocycles. The minimum atomic E-state index is -0.0743. The Hall–Kier alpha value is -1.42. The summed E-state index contributed by atoms with van der Waals surface area (Å²) in [4.78, 5) is 0. The van der Waals surface area contributed by atoms with Gasteiger partial charge in [0.15, 0.2) is 11.5 Å². The smallest absolute Gasteiger partial charge is 0.203 e. The second-order valence-electron chi connectivity index (χ2n) is 4.72. The lowest BCUT2D eigenvalue weighted by Gasteiger charge is -2.23. The van der Waals surface area contributed by atoms with Gasteiger partial charge in [-0.2, -0.15) is 0 Å². The number of methoxy groups -OCH3 is 3. The van der Waals surface area contributed by atoms with Crippen molar-refractivity contribution in [2.75, 3.05) is 21.3 Å². The molecule has 0 fully saturated rings. The molecule has 1 rings (SSSR count). The normalized spacial score (nSPS) is 13.8. The molecule has 0 aliphatic heterocycles. The van der Waals surface area contributed by atoms with Crippen molar-refractivity contribution in [2.45, 2.75) is 32.7 Å². The van der Waals surface area contributed by atoms with Gasteiger partial charge in [0, 0.05) is 11.6 Å². The van der Waals surface area contributed by atoms with E-state index in [1.165, 1.54) is 0 Å². The number of ether oxygens (including phenoxy) is 3. The predicted octanol–water partition coefficient (Wildman–Crippen LogP) is 3.15. The van der Waals surface area contributed by atoms with Crippen molar-refractivity contribution in [3.05, 3.63) is 17.7 Å². The van der Waals surface area contributed by atoms with E-state index in [0.717, 1.165) is 18.4 Å². The molecule has 4 nitrogen and oxygen atoms in total. The molecule has 0 saturated heterocycles. The Labute approximate surface area is 115 Å². The highest BCUT2D eigenvalue weighted by Crippen LogP contribution is 2.43. The van der Waals surface area contributed by atoms with E-state index in [1.807, 2.05) is 12.1 Å². The van der Waals surface area contributed by atoms with E-state index >= 15 is 0 Å². The van der Waals surface area contributed by atoms with Crippen LogP contribution >= 0.6 is 0 Å². The van der Waals surface area contributed by atoms with E-state index in [2.05, 4.69) is 13.8 Å². The number of benzene rings is 1. The Morgan fingerprint density at radius 2 is 1.68 bits per heavy atom. The maximum Gasteiger partial charge on any atom is 0.203 e. The van der Waals surface area contributed by atoms with Gasteiger partial charge in [0.05, 0.1) is 21.3 Å². The second kappa shape index (κ2) is 7.24. The van der Waals surface area contributed by atoms with E-state index in [4.69, 9.17) is 19.9 Å². The molecule has 0 aliphatic carbocycles. The van der Waals surface area contributed by atoms with Gasteiger partial charge in [-0.05, 0) is 24.5 Å². The van der Waals surface area contributed by atoms with E-state index in [1.54, 1.807) is 21.3 Å². The Balaban J connectivity index is 3.20. The van der Waals surface area contributed by atoms with Crippen molar-refractivity contribution >= 4 is 0 Å². The number of nitrogens with two attached hydrogens (primary N) is 1. The highest BCUT2D eigenvalue weighted by Gasteiger charge is 2.23. The first kappa shape index (κ1) is 15.6. The van der Waals surface area contributed by atoms with E-state index in [0.29, 0.717) is 23.2 Å². The van der Waals surface area contributed by atoms with Crippen LogP contribution in [-0.2, 0) is 0 Å². The van der Waals surface area contributed by atoms with Crippen molar-refractivity contribution in [2.24, 2.45) is 11.7 Å². The zero-order chi connectivity index (χ0) is 14.4. The van der Waals surface area contributed by atoms with Crippen molar-refractivity contribution in [1.29, 1.82) is 0 Å². The summed E-state index contributed by atoms with van der Waals surface area (Å²) < 4.78 is 16.1. The van der Waals surface area contributed by atoms with Gasteiger partial charge in [-0.1, -0.05) is 20.3 Å². The average molecular weight is 267 g/mol. The van der Waals surface area contributed by atoms with Crippen LogP contribution in [0.3, 0.4) is 0 Å². The third kappa shape index (κ3) is 3.32. The minimum Gasteiger partial charge on any atom is -0.493 e. The van der Waals surface area contributed by atoms with Crippen LogP contribution in [0.15, 0.2) is 12.1 Å². The Morgan fingerprint density at radius 3 is 2.16 bits per heavy atom. The highest BCUT2D eigenvalue weighted by molar-refractivity contribution is 5.56. The maximum absolute atomic E-state index is 6.34. The van der Waals surface area contributed by atoms with Crippen LogP contribution in [0.5, 0.6) is 17.2 Å². The molecule has 2 unspecified atom stereocenters. The summed E-state index contributed by atoms with van der Waals surface area (Å²) in [7, 11) is 4.83. The third-order valence-electron chi connectivity index (χ3n) is 3.45. The van der Waals surface area contributed by atoms with Gasteiger partial charge in [-0.15, -0.1) is 0 Å². The molecule has 2 N–H and O–H groups in total. The monoisotopic (exact) mass is 267 g/mol. The number of rotatable bonds is 7. The van der Waals surface area contributed by atoms with E-state index in [-0.39, 0.29) is 6.04 Å². The summed E-state index contributed by atoms with van der Waals surface area (Å²) >= 11 is 0. The van der Waals surface area contributed by atoms with Crippen LogP contribution in [-0.4, -0.2) is 21.3 Å². The first-order chi connectivity index (χ1) is 9.10. The van der Waals surface area contributed by atoms with Gasteiger partial charge in [0.2, 0.25) is 5.75 Å². The third-order valence-corrected chi connectivity index (χ3v) is 3.45. The van der Waals surface area contributed by atoms with E-state index < -0.39 is 0 Å². The molecular formula is C15H25NO3. The number of hydrogen-bond acceptors (Lipinski definition) is 4.